The lowest BCUT2D eigenvalue weighted by atomic mass is 10.2. The Hall–Kier alpha value is -0.800. The van der Waals surface area contributed by atoms with Crippen molar-refractivity contribution in [2.75, 3.05) is 6.61 Å². The highest BCUT2D eigenvalue weighted by molar-refractivity contribution is 6.31. The first kappa shape index (κ1) is 17.3. The molecule has 1 rings (SSSR count). The molecule has 0 bridgehead atoms. The van der Waals surface area contributed by atoms with Gasteiger partial charge in [-0.3, -0.25) is 0 Å². The Morgan fingerprint density at radius 3 is 2.65 bits per heavy atom. The maximum absolute atomic E-state index is 6.19. The van der Waals surface area contributed by atoms with Gasteiger partial charge in [0.2, 0.25) is 5.88 Å². The van der Waals surface area contributed by atoms with Crippen molar-refractivity contribution in [1.29, 1.82) is 0 Å². The van der Waals surface area contributed by atoms with Crippen LogP contribution in [0.4, 0.5) is 0 Å². The van der Waals surface area contributed by atoms with Crippen molar-refractivity contribution >= 4 is 11.6 Å². The molecule has 0 aliphatic carbocycles. The number of nitrogens with one attached hydrogen (secondary N) is 1. The van der Waals surface area contributed by atoms with Gasteiger partial charge in [-0.1, -0.05) is 58.1 Å². The fraction of sp³-hybridized carbons (Fsp3) is 0.688. The molecule has 0 saturated heterocycles. The van der Waals surface area contributed by atoms with Crippen molar-refractivity contribution in [3.8, 4) is 5.88 Å². The molecule has 0 aliphatic rings. The van der Waals surface area contributed by atoms with E-state index >= 15 is 0 Å². The molecule has 0 spiro atoms. The second kappa shape index (κ2) is 10.0. The van der Waals surface area contributed by atoms with Crippen LogP contribution in [-0.2, 0) is 6.54 Å². The number of pyridine rings is 1. The molecular formula is C16H27ClN2O. The lowest BCUT2D eigenvalue weighted by Crippen LogP contribution is -2.21. The third-order valence-corrected chi connectivity index (χ3v) is 3.34. The van der Waals surface area contributed by atoms with Crippen LogP contribution in [0.5, 0.6) is 5.88 Å². The van der Waals surface area contributed by atoms with E-state index in [4.69, 9.17) is 16.3 Å². The summed E-state index contributed by atoms with van der Waals surface area (Å²) in [5.41, 5.74) is 1.08. The van der Waals surface area contributed by atoms with E-state index < -0.39 is 0 Å². The van der Waals surface area contributed by atoms with Gasteiger partial charge < -0.3 is 10.1 Å². The lowest BCUT2D eigenvalue weighted by Gasteiger charge is -2.10. The van der Waals surface area contributed by atoms with Gasteiger partial charge in [-0.05, 0) is 18.1 Å². The average molecular weight is 299 g/mol. The monoisotopic (exact) mass is 298 g/mol. The molecule has 0 amide bonds. The number of nitrogens with zero attached hydrogens (tertiary/aromatic N) is 1. The Kier molecular flexibility index (Phi) is 8.63. The smallest absolute Gasteiger partial charge is 0.232 e. The standard InChI is InChI=1S/C16H27ClN2O/c1-4-5-6-7-8-9-20-16-15(17)10-14(12-19-16)11-18-13(2)3/h10,12-13,18H,4-9,11H2,1-3H3. The number of halogens is 1. The van der Waals surface area contributed by atoms with E-state index in [1.165, 1.54) is 25.7 Å². The maximum Gasteiger partial charge on any atom is 0.232 e. The molecule has 1 heterocycles. The van der Waals surface area contributed by atoms with Gasteiger partial charge in [-0.2, -0.15) is 0 Å². The molecule has 1 aromatic heterocycles. The fourth-order valence-electron chi connectivity index (χ4n) is 1.86. The van der Waals surface area contributed by atoms with Crippen LogP contribution in [0.25, 0.3) is 0 Å². The van der Waals surface area contributed by atoms with E-state index in [-0.39, 0.29) is 0 Å². The second-order valence-corrected chi connectivity index (χ2v) is 5.84. The zero-order valence-corrected chi connectivity index (χ0v) is 13.7. The SMILES string of the molecule is CCCCCCCOc1ncc(CNC(C)C)cc1Cl. The molecule has 4 heteroatoms. The first-order valence-electron chi connectivity index (χ1n) is 7.64. The maximum atomic E-state index is 6.19. The van der Waals surface area contributed by atoms with Crippen molar-refractivity contribution in [2.45, 2.75) is 65.5 Å². The quantitative estimate of drug-likeness (QED) is 0.642. The van der Waals surface area contributed by atoms with Crippen LogP contribution in [0.15, 0.2) is 12.3 Å². The van der Waals surface area contributed by atoms with Crippen molar-refractivity contribution in [1.82, 2.24) is 10.3 Å². The van der Waals surface area contributed by atoms with Crippen LogP contribution < -0.4 is 10.1 Å². The summed E-state index contributed by atoms with van der Waals surface area (Å²) in [4.78, 5) is 4.30. The first-order chi connectivity index (χ1) is 9.63. The number of rotatable bonds is 10. The molecule has 0 unspecified atom stereocenters. The first-order valence-corrected chi connectivity index (χ1v) is 8.02. The summed E-state index contributed by atoms with van der Waals surface area (Å²) in [5.74, 6) is 0.551. The number of hydrogen-bond donors (Lipinski definition) is 1. The Bertz CT molecular complexity index is 383. The van der Waals surface area contributed by atoms with Gasteiger partial charge in [0.25, 0.3) is 0 Å². The van der Waals surface area contributed by atoms with E-state index in [2.05, 4.69) is 31.1 Å². The minimum Gasteiger partial charge on any atom is -0.477 e. The van der Waals surface area contributed by atoms with E-state index in [1.54, 1.807) is 0 Å². The van der Waals surface area contributed by atoms with Crippen LogP contribution in [0.3, 0.4) is 0 Å². The largest absolute Gasteiger partial charge is 0.477 e. The fourth-order valence-corrected chi connectivity index (χ4v) is 2.11. The molecule has 3 nitrogen and oxygen atoms in total. The summed E-state index contributed by atoms with van der Waals surface area (Å²) in [6.45, 7) is 7.92. The van der Waals surface area contributed by atoms with Crippen molar-refractivity contribution < 1.29 is 4.74 Å². The number of unbranched alkanes of at least 4 members (excludes halogenated alkanes) is 4. The highest BCUT2D eigenvalue weighted by Gasteiger charge is 2.05. The van der Waals surface area contributed by atoms with Crippen molar-refractivity contribution in [3.05, 3.63) is 22.8 Å². The summed E-state index contributed by atoms with van der Waals surface area (Å²) in [7, 11) is 0. The summed E-state index contributed by atoms with van der Waals surface area (Å²) in [6.07, 6.45) is 7.95. The highest BCUT2D eigenvalue weighted by atomic mass is 35.5. The normalized spacial score (nSPS) is 11.1. The third kappa shape index (κ3) is 7.11. The molecular weight excluding hydrogens is 272 g/mol. The number of hydrogen-bond acceptors (Lipinski definition) is 3. The van der Waals surface area contributed by atoms with Crippen LogP contribution in [0, 0.1) is 0 Å². The third-order valence-electron chi connectivity index (χ3n) is 3.07. The molecule has 0 radical (unpaired) electrons. The highest BCUT2D eigenvalue weighted by Crippen LogP contribution is 2.22. The second-order valence-electron chi connectivity index (χ2n) is 5.43. The average Bonchev–Trinajstić information content (AvgIpc) is 2.42. The van der Waals surface area contributed by atoms with E-state index in [1.807, 2.05) is 12.3 Å². The van der Waals surface area contributed by atoms with Crippen molar-refractivity contribution in [2.24, 2.45) is 0 Å². The number of ether oxygens (including phenoxy) is 1. The van der Waals surface area contributed by atoms with Crippen LogP contribution >= 0.6 is 11.6 Å². The molecule has 0 atom stereocenters. The topological polar surface area (TPSA) is 34.1 Å². The Morgan fingerprint density at radius 2 is 2.00 bits per heavy atom. The van der Waals surface area contributed by atoms with Gasteiger partial charge in [-0.25, -0.2) is 4.98 Å². The Balaban J connectivity index is 2.32. The molecule has 0 aliphatic heterocycles. The summed E-state index contributed by atoms with van der Waals surface area (Å²) in [6, 6.07) is 2.38. The van der Waals surface area contributed by atoms with E-state index in [0.29, 0.717) is 23.6 Å². The molecule has 114 valence electrons. The molecule has 1 aromatic rings. The zero-order valence-electron chi connectivity index (χ0n) is 12.9. The van der Waals surface area contributed by atoms with Crippen LogP contribution in [-0.4, -0.2) is 17.6 Å². The predicted molar refractivity (Wildman–Crippen MR) is 85.5 cm³/mol. The van der Waals surface area contributed by atoms with Gasteiger partial charge >= 0.3 is 0 Å². The van der Waals surface area contributed by atoms with E-state index in [9.17, 15) is 0 Å². The number of aromatic nitrogens is 1. The Labute approximate surface area is 128 Å². The summed E-state index contributed by atoms with van der Waals surface area (Å²) in [5, 5.41) is 3.94. The summed E-state index contributed by atoms with van der Waals surface area (Å²) >= 11 is 6.19. The zero-order chi connectivity index (χ0) is 14.8. The molecule has 0 aromatic carbocycles. The van der Waals surface area contributed by atoms with Crippen LogP contribution in [0.2, 0.25) is 5.02 Å². The van der Waals surface area contributed by atoms with Gasteiger partial charge in [0.15, 0.2) is 0 Å². The Morgan fingerprint density at radius 1 is 1.25 bits per heavy atom. The van der Waals surface area contributed by atoms with Crippen LogP contribution in [0.1, 0.15) is 58.4 Å². The van der Waals surface area contributed by atoms with E-state index in [0.717, 1.165) is 18.5 Å². The minimum absolute atomic E-state index is 0.452. The molecule has 0 fully saturated rings. The van der Waals surface area contributed by atoms with Gasteiger partial charge in [0, 0.05) is 18.8 Å². The van der Waals surface area contributed by atoms with Crippen molar-refractivity contribution in [3.63, 3.8) is 0 Å². The molecule has 1 N–H and O–H groups in total. The molecule has 20 heavy (non-hydrogen) atoms. The van der Waals surface area contributed by atoms with Gasteiger partial charge in [0.05, 0.1) is 6.61 Å². The molecule has 0 saturated carbocycles. The van der Waals surface area contributed by atoms with Gasteiger partial charge in [-0.15, -0.1) is 0 Å². The summed E-state index contributed by atoms with van der Waals surface area (Å²) < 4.78 is 5.63. The van der Waals surface area contributed by atoms with Gasteiger partial charge in [0.1, 0.15) is 5.02 Å². The lowest BCUT2D eigenvalue weighted by molar-refractivity contribution is 0.293. The predicted octanol–water partition coefficient (Wildman–Crippen LogP) is 4.58. The minimum atomic E-state index is 0.452.